The van der Waals surface area contributed by atoms with Gasteiger partial charge in [-0.15, -0.1) is 11.3 Å². The molecule has 2 aromatic heterocycles. The number of benzene rings is 1. The van der Waals surface area contributed by atoms with Crippen LogP contribution in [0.2, 0.25) is 0 Å². The molecule has 4 heteroatoms. The molecule has 0 bridgehead atoms. The average molecular weight is 285 g/mol. The molecule has 0 radical (unpaired) electrons. The fourth-order valence-corrected chi connectivity index (χ4v) is 3.45. The van der Waals surface area contributed by atoms with E-state index in [1.54, 1.807) is 0 Å². The van der Waals surface area contributed by atoms with Crippen LogP contribution >= 0.6 is 11.3 Å². The minimum absolute atomic E-state index is 0.0912. The molecular formula is C16H19N3S. The second-order valence-electron chi connectivity index (χ2n) is 5.85. The number of nitrogen functional groups attached to an aromatic ring is 1. The van der Waals surface area contributed by atoms with E-state index in [9.17, 15) is 0 Å². The number of thiophene rings is 1. The van der Waals surface area contributed by atoms with E-state index in [4.69, 9.17) is 5.73 Å². The third kappa shape index (κ3) is 2.20. The van der Waals surface area contributed by atoms with Crippen LogP contribution in [0.15, 0.2) is 35.7 Å². The van der Waals surface area contributed by atoms with Gasteiger partial charge in [-0.25, -0.2) is 4.98 Å². The van der Waals surface area contributed by atoms with Gasteiger partial charge >= 0.3 is 0 Å². The molecule has 3 aromatic rings. The zero-order chi connectivity index (χ0) is 14.3. The maximum absolute atomic E-state index is 5.84. The number of imidazole rings is 1. The number of aromatic nitrogens is 2. The molecule has 0 aliphatic heterocycles. The molecule has 3 nitrogen and oxygen atoms in total. The summed E-state index contributed by atoms with van der Waals surface area (Å²) in [6, 6.07) is 10.3. The average Bonchev–Trinajstić information content (AvgIpc) is 2.99. The van der Waals surface area contributed by atoms with Crippen molar-refractivity contribution < 1.29 is 0 Å². The van der Waals surface area contributed by atoms with Gasteiger partial charge in [-0.3, -0.25) is 0 Å². The van der Waals surface area contributed by atoms with E-state index < -0.39 is 0 Å². The van der Waals surface area contributed by atoms with E-state index in [0.29, 0.717) is 0 Å². The number of nitrogens with two attached hydrogens (primary N) is 1. The number of fused-ring (bicyclic) bond motifs is 1. The Balaban J connectivity index is 2.05. The summed E-state index contributed by atoms with van der Waals surface area (Å²) >= 11 is 1.81. The van der Waals surface area contributed by atoms with Gasteiger partial charge in [0.1, 0.15) is 5.82 Å². The van der Waals surface area contributed by atoms with Crippen LogP contribution in [0.3, 0.4) is 0 Å². The van der Waals surface area contributed by atoms with Crippen molar-refractivity contribution in [2.75, 3.05) is 5.73 Å². The van der Waals surface area contributed by atoms with E-state index in [2.05, 4.69) is 53.9 Å². The Morgan fingerprint density at radius 1 is 1.30 bits per heavy atom. The number of nitrogens with zero attached hydrogens (tertiary/aromatic N) is 2. The van der Waals surface area contributed by atoms with Gasteiger partial charge in [0.15, 0.2) is 0 Å². The Hall–Kier alpha value is -1.81. The third-order valence-corrected chi connectivity index (χ3v) is 4.94. The summed E-state index contributed by atoms with van der Waals surface area (Å²) in [5.41, 5.74) is 8.83. The summed E-state index contributed by atoms with van der Waals surface area (Å²) in [5, 5.41) is 2.14. The lowest BCUT2D eigenvalue weighted by Gasteiger charge is -2.25. The van der Waals surface area contributed by atoms with Gasteiger partial charge in [-0.2, -0.15) is 0 Å². The van der Waals surface area contributed by atoms with Crippen LogP contribution < -0.4 is 5.73 Å². The Labute approximate surface area is 123 Å². The molecule has 0 amide bonds. The molecule has 0 saturated heterocycles. The van der Waals surface area contributed by atoms with Gasteiger partial charge in [0.2, 0.25) is 0 Å². The number of rotatable bonds is 3. The molecule has 104 valence electrons. The Kier molecular flexibility index (Phi) is 3.05. The largest absolute Gasteiger partial charge is 0.399 e. The lowest BCUT2D eigenvalue weighted by Crippen LogP contribution is -2.23. The normalized spacial score (nSPS) is 12.2. The first-order valence-corrected chi connectivity index (χ1v) is 7.62. The van der Waals surface area contributed by atoms with E-state index in [-0.39, 0.29) is 5.41 Å². The Morgan fingerprint density at radius 3 is 2.80 bits per heavy atom. The van der Waals surface area contributed by atoms with Gasteiger partial charge < -0.3 is 10.3 Å². The summed E-state index contributed by atoms with van der Waals surface area (Å²) in [5.74, 6) is 1.04. The van der Waals surface area contributed by atoms with Crippen LogP contribution in [0.1, 0.15) is 24.5 Å². The maximum Gasteiger partial charge on any atom is 0.106 e. The van der Waals surface area contributed by atoms with Gasteiger partial charge in [-0.1, -0.05) is 19.9 Å². The first-order valence-electron chi connectivity index (χ1n) is 6.74. The van der Waals surface area contributed by atoms with Crippen molar-refractivity contribution >= 4 is 28.1 Å². The molecule has 1 aromatic carbocycles. The minimum atomic E-state index is 0.0912. The quantitative estimate of drug-likeness (QED) is 0.740. The SMILES string of the molecule is Cc1nc2cc(N)ccc2n1CC(C)(C)c1cccs1. The summed E-state index contributed by atoms with van der Waals surface area (Å²) in [4.78, 5) is 6.02. The van der Waals surface area contributed by atoms with Crippen molar-refractivity contribution in [3.63, 3.8) is 0 Å². The minimum Gasteiger partial charge on any atom is -0.399 e. The summed E-state index contributed by atoms with van der Waals surface area (Å²) in [7, 11) is 0. The first kappa shape index (κ1) is 13.2. The van der Waals surface area contributed by atoms with Crippen LogP contribution in [0.25, 0.3) is 11.0 Å². The number of anilines is 1. The van der Waals surface area contributed by atoms with Gasteiger partial charge in [0.25, 0.3) is 0 Å². The van der Waals surface area contributed by atoms with E-state index in [0.717, 1.165) is 29.1 Å². The van der Waals surface area contributed by atoms with Crippen LogP contribution in [-0.2, 0) is 12.0 Å². The van der Waals surface area contributed by atoms with Crippen LogP contribution in [0.4, 0.5) is 5.69 Å². The topological polar surface area (TPSA) is 43.8 Å². The van der Waals surface area contributed by atoms with Crippen molar-refractivity contribution in [1.82, 2.24) is 9.55 Å². The predicted octanol–water partition coefficient (Wildman–Crippen LogP) is 3.97. The number of hydrogen-bond donors (Lipinski definition) is 1. The summed E-state index contributed by atoms with van der Waals surface area (Å²) in [6.45, 7) is 7.53. The molecule has 2 N–H and O–H groups in total. The molecule has 0 fully saturated rings. The van der Waals surface area contributed by atoms with E-state index in [1.165, 1.54) is 4.88 Å². The summed E-state index contributed by atoms with van der Waals surface area (Å²) in [6.07, 6.45) is 0. The fraction of sp³-hybridized carbons (Fsp3) is 0.312. The lowest BCUT2D eigenvalue weighted by molar-refractivity contribution is 0.444. The monoisotopic (exact) mass is 285 g/mol. The molecule has 0 saturated carbocycles. The maximum atomic E-state index is 5.84. The van der Waals surface area contributed by atoms with Gasteiger partial charge in [0.05, 0.1) is 11.0 Å². The zero-order valence-corrected chi connectivity index (χ0v) is 12.9. The second-order valence-corrected chi connectivity index (χ2v) is 6.80. The van der Waals surface area contributed by atoms with Gasteiger partial charge in [-0.05, 0) is 36.6 Å². The highest BCUT2D eigenvalue weighted by Gasteiger charge is 2.24. The van der Waals surface area contributed by atoms with E-state index >= 15 is 0 Å². The van der Waals surface area contributed by atoms with Crippen molar-refractivity contribution in [1.29, 1.82) is 0 Å². The van der Waals surface area contributed by atoms with Crippen LogP contribution in [0, 0.1) is 6.92 Å². The van der Waals surface area contributed by atoms with E-state index in [1.807, 2.05) is 23.5 Å². The molecule has 0 unspecified atom stereocenters. The van der Waals surface area contributed by atoms with Crippen LogP contribution in [-0.4, -0.2) is 9.55 Å². The predicted molar refractivity (Wildman–Crippen MR) is 86.2 cm³/mol. The van der Waals surface area contributed by atoms with Crippen molar-refractivity contribution in [2.45, 2.75) is 32.7 Å². The van der Waals surface area contributed by atoms with Gasteiger partial charge in [0, 0.05) is 22.5 Å². The Morgan fingerprint density at radius 2 is 2.10 bits per heavy atom. The standard InChI is InChI=1S/C16H19N3S/c1-11-18-13-9-12(17)6-7-14(13)19(11)10-16(2,3)15-5-4-8-20-15/h4-9H,10,17H2,1-3H3. The molecule has 0 atom stereocenters. The van der Waals surface area contributed by atoms with Crippen molar-refractivity contribution in [3.8, 4) is 0 Å². The molecule has 0 spiro atoms. The molecule has 0 aliphatic rings. The van der Waals surface area contributed by atoms with Crippen molar-refractivity contribution in [3.05, 3.63) is 46.4 Å². The highest BCUT2D eigenvalue weighted by atomic mass is 32.1. The molecular weight excluding hydrogens is 266 g/mol. The smallest absolute Gasteiger partial charge is 0.106 e. The number of hydrogen-bond acceptors (Lipinski definition) is 3. The third-order valence-electron chi connectivity index (χ3n) is 3.70. The second kappa shape index (κ2) is 4.63. The van der Waals surface area contributed by atoms with Crippen molar-refractivity contribution in [2.24, 2.45) is 0 Å². The highest BCUT2D eigenvalue weighted by Crippen LogP contribution is 2.31. The Bertz CT molecular complexity index is 739. The number of aryl methyl sites for hydroxylation is 1. The molecule has 0 aliphatic carbocycles. The molecule has 2 heterocycles. The zero-order valence-electron chi connectivity index (χ0n) is 12.1. The van der Waals surface area contributed by atoms with Crippen LogP contribution in [0.5, 0.6) is 0 Å². The first-order chi connectivity index (χ1) is 9.47. The summed E-state index contributed by atoms with van der Waals surface area (Å²) < 4.78 is 2.29. The lowest BCUT2D eigenvalue weighted by atomic mass is 9.91. The molecule has 20 heavy (non-hydrogen) atoms. The highest BCUT2D eigenvalue weighted by molar-refractivity contribution is 7.10. The molecule has 3 rings (SSSR count). The fourth-order valence-electron chi connectivity index (χ4n) is 2.60.